The molecule has 1 aliphatic rings. The Bertz CT molecular complexity index is 702. The monoisotopic (exact) mass is 297 g/mol. The maximum absolute atomic E-state index is 12.5. The summed E-state index contributed by atoms with van der Waals surface area (Å²) in [7, 11) is 1.88. The van der Waals surface area contributed by atoms with Crippen LogP contribution in [0.2, 0.25) is 0 Å². The summed E-state index contributed by atoms with van der Waals surface area (Å²) in [5.41, 5.74) is 4.86. The Morgan fingerprint density at radius 1 is 1.41 bits per heavy atom. The summed E-state index contributed by atoms with van der Waals surface area (Å²) in [6.07, 6.45) is 3.57. The fraction of sp³-hybridized carbons (Fsp3) is 0.444. The molecule has 22 heavy (non-hydrogen) atoms. The minimum atomic E-state index is 0.0828. The van der Waals surface area contributed by atoms with E-state index in [0.29, 0.717) is 12.3 Å². The number of carbonyl (C=O) groups excluding carboxylic acids is 1. The van der Waals surface area contributed by atoms with Crippen molar-refractivity contribution in [2.75, 3.05) is 5.32 Å². The van der Waals surface area contributed by atoms with Crippen molar-refractivity contribution < 1.29 is 4.79 Å². The molecule has 4 heteroatoms. The fourth-order valence-corrected chi connectivity index (χ4v) is 3.55. The van der Waals surface area contributed by atoms with Gasteiger partial charge in [-0.3, -0.25) is 9.48 Å². The number of hydrogen-bond donors (Lipinski definition) is 1. The highest BCUT2D eigenvalue weighted by Crippen LogP contribution is 2.35. The molecule has 0 radical (unpaired) electrons. The van der Waals surface area contributed by atoms with Gasteiger partial charge in [-0.2, -0.15) is 5.10 Å². The first-order valence-corrected chi connectivity index (χ1v) is 8.00. The zero-order valence-corrected chi connectivity index (χ0v) is 13.5. The first-order valence-electron chi connectivity index (χ1n) is 8.00. The first kappa shape index (κ1) is 14.8. The molecule has 2 aromatic rings. The fourth-order valence-electron chi connectivity index (χ4n) is 3.55. The second-order valence-electron chi connectivity index (χ2n) is 6.08. The lowest BCUT2D eigenvalue weighted by molar-refractivity contribution is -0.116. The lowest BCUT2D eigenvalue weighted by Crippen LogP contribution is -2.17. The lowest BCUT2D eigenvalue weighted by Gasteiger charge is -2.13. The van der Waals surface area contributed by atoms with Gasteiger partial charge >= 0.3 is 0 Å². The van der Waals surface area contributed by atoms with Crippen LogP contribution < -0.4 is 5.32 Å². The van der Waals surface area contributed by atoms with E-state index in [4.69, 9.17) is 0 Å². The standard InChI is InChI=1S/C18H23N3O/c1-4-15-12(2)20-21(3)18(15)19-17(22)11-14-10-9-13-7-5-6-8-16(13)14/h5-8,14H,4,9-11H2,1-3H3,(H,19,22). The number of carbonyl (C=O) groups is 1. The van der Waals surface area contributed by atoms with Crippen LogP contribution in [0.15, 0.2) is 24.3 Å². The number of nitrogens with one attached hydrogen (secondary N) is 1. The molecule has 1 aliphatic carbocycles. The van der Waals surface area contributed by atoms with Crippen LogP contribution in [-0.2, 0) is 24.7 Å². The van der Waals surface area contributed by atoms with Gasteiger partial charge in [-0.15, -0.1) is 0 Å². The second kappa shape index (κ2) is 5.95. The van der Waals surface area contributed by atoms with Gasteiger partial charge in [-0.05, 0) is 43.2 Å². The van der Waals surface area contributed by atoms with Gasteiger partial charge in [-0.1, -0.05) is 31.2 Å². The molecule has 1 unspecified atom stereocenters. The molecule has 116 valence electrons. The molecule has 0 saturated carbocycles. The molecule has 3 rings (SSSR count). The summed E-state index contributed by atoms with van der Waals surface area (Å²) in [6.45, 7) is 4.08. The van der Waals surface area contributed by atoms with Gasteiger partial charge in [0.15, 0.2) is 0 Å². The summed E-state index contributed by atoms with van der Waals surface area (Å²) < 4.78 is 1.77. The first-order chi connectivity index (χ1) is 10.6. The van der Waals surface area contributed by atoms with Crippen LogP contribution in [-0.4, -0.2) is 15.7 Å². The van der Waals surface area contributed by atoms with E-state index < -0.39 is 0 Å². The maximum Gasteiger partial charge on any atom is 0.226 e. The number of aryl methyl sites for hydroxylation is 3. The molecule has 1 aromatic carbocycles. The van der Waals surface area contributed by atoms with E-state index in [9.17, 15) is 4.79 Å². The summed E-state index contributed by atoms with van der Waals surface area (Å²) in [5, 5.41) is 7.47. The number of nitrogens with zero attached hydrogens (tertiary/aromatic N) is 2. The molecule has 0 fully saturated rings. The molecule has 1 heterocycles. The van der Waals surface area contributed by atoms with Crippen molar-refractivity contribution in [2.24, 2.45) is 7.05 Å². The number of anilines is 1. The molecule has 0 saturated heterocycles. The molecule has 1 amide bonds. The minimum Gasteiger partial charge on any atom is -0.311 e. The molecule has 1 atom stereocenters. The SMILES string of the molecule is CCc1c(C)nn(C)c1NC(=O)CC1CCc2ccccc21. The van der Waals surface area contributed by atoms with Crippen molar-refractivity contribution >= 4 is 11.7 Å². The van der Waals surface area contributed by atoms with Crippen molar-refractivity contribution in [3.8, 4) is 0 Å². The summed E-state index contributed by atoms with van der Waals surface area (Å²) >= 11 is 0. The largest absolute Gasteiger partial charge is 0.311 e. The van der Waals surface area contributed by atoms with Gasteiger partial charge in [0.05, 0.1) is 5.69 Å². The van der Waals surface area contributed by atoms with Gasteiger partial charge in [0.1, 0.15) is 5.82 Å². The van der Waals surface area contributed by atoms with Gasteiger partial charge in [0, 0.05) is 19.0 Å². The molecule has 1 N–H and O–H groups in total. The number of hydrogen-bond acceptors (Lipinski definition) is 2. The predicted octanol–water partition coefficient (Wildman–Crippen LogP) is 3.35. The summed E-state index contributed by atoms with van der Waals surface area (Å²) in [5.74, 6) is 1.27. The zero-order chi connectivity index (χ0) is 15.7. The average molecular weight is 297 g/mol. The topological polar surface area (TPSA) is 46.9 Å². The van der Waals surface area contributed by atoms with Crippen LogP contribution in [0.3, 0.4) is 0 Å². The Morgan fingerprint density at radius 3 is 2.95 bits per heavy atom. The Labute approximate surface area is 131 Å². The highest BCUT2D eigenvalue weighted by Gasteiger charge is 2.25. The highest BCUT2D eigenvalue weighted by molar-refractivity contribution is 5.91. The third kappa shape index (κ3) is 2.65. The molecule has 4 nitrogen and oxygen atoms in total. The quantitative estimate of drug-likeness (QED) is 0.940. The summed E-state index contributed by atoms with van der Waals surface area (Å²) in [6, 6.07) is 8.47. The predicted molar refractivity (Wildman–Crippen MR) is 88.1 cm³/mol. The molecule has 0 spiro atoms. The van der Waals surface area contributed by atoms with E-state index >= 15 is 0 Å². The van der Waals surface area contributed by atoms with E-state index in [0.717, 1.165) is 36.3 Å². The lowest BCUT2D eigenvalue weighted by atomic mass is 9.97. The average Bonchev–Trinajstić information content (AvgIpc) is 3.01. The van der Waals surface area contributed by atoms with Gasteiger partial charge in [-0.25, -0.2) is 0 Å². The molecule has 0 aliphatic heterocycles. The molecular formula is C18H23N3O. The van der Waals surface area contributed by atoms with E-state index in [1.165, 1.54) is 11.1 Å². The third-order valence-electron chi connectivity index (χ3n) is 4.65. The van der Waals surface area contributed by atoms with E-state index in [1.54, 1.807) is 4.68 Å². The Balaban J connectivity index is 1.72. The van der Waals surface area contributed by atoms with Crippen molar-refractivity contribution in [1.29, 1.82) is 0 Å². The van der Waals surface area contributed by atoms with Crippen LogP contribution >= 0.6 is 0 Å². The third-order valence-corrected chi connectivity index (χ3v) is 4.65. The van der Waals surface area contributed by atoms with Crippen LogP contribution in [0.4, 0.5) is 5.82 Å². The number of fused-ring (bicyclic) bond motifs is 1. The van der Waals surface area contributed by atoms with E-state index in [2.05, 4.69) is 41.6 Å². The summed E-state index contributed by atoms with van der Waals surface area (Å²) in [4.78, 5) is 12.5. The van der Waals surface area contributed by atoms with Gasteiger partial charge in [0.2, 0.25) is 5.91 Å². The van der Waals surface area contributed by atoms with E-state index in [1.807, 2.05) is 14.0 Å². The van der Waals surface area contributed by atoms with Crippen molar-refractivity contribution in [3.05, 3.63) is 46.6 Å². The van der Waals surface area contributed by atoms with E-state index in [-0.39, 0.29) is 5.91 Å². The Morgan fingerprint density at radius 2 is 2.18 bits per heavy atom. The van der Waals surface area contributed by atoms with Crippen molar-refractivity contribution in [2.45, 2.75) is 45.4 Å². The normalized spacial score (nSPS) is 16.6. The van der Waals surface area contributed by atoms with Gasteiger partial charge < -0.3 is 5.32 Å². The molecule has 1 aromatic heterocycles. The zero-order valence-electron chi connectivity index (χ0n) is 13.5. The Kier molecular flexibility index (Phi) is 4.01. The number of amides is 1. The Hall–Kier alpha value is -2.10. The molecular weight excluding hydrogens is 274 g/mol. The van der Waals surface area contributed by atoms with Crippen molar-refractivity contribution in [3.63, 3.8) is 0 Å². The second-order valence-corrected chi connectivity index (χ2v) is 6.08. The highest BCUT2D eigenvalue weighted by atomic mass is 16.1. The number of benzene rings is 1. The maximum atomic E-state index is 12.5. The molecule has 0 bridgehead atoms. The van der Waals surface area contributed by atoms with Gasteiger partial charge in [0.25, 0.3) is 0 Å². The minimum absolute atomic E-state index is 0.0828. The number of rotatable bonds is 4. The van der Waals surface area contributed by atoms with Crippen LogP contribution in [0.5, 0.6) is 0 Å². The number of aromatic nitrogens is 2. The van der Waals surface area contributed by atoms with Crippen LogP contribution in [0.1, 0.15) is 48.1 Å². The van der Waals surface area contributed by atoms with Crippen molar-refractivity contribution in [1.82, 2.24) is 9.78 Å². The van der Waals surface area contributed by atoms with Crippen LogP contribution in [0, 0.1) is 6.92 Å². The smallest absolute Gasteiger partial charge is 0.226 e. The van der Waals surface area contributed by atoms with Crippen LogP contribution in [0.25, 0.3) is 0 Å².